The fourth-order valence-corrected chi connectivity index (χ4v) is 9.50. The van der Waals surface area contributed by atoms with Gasteiger partial charge in [0, 0.05) is 33.0 Å². The zero-order chi connectivity index (χ0) is 42.4. The first-order chi connectivity index (χ1) is 31.7. The summed E-state index contributed by atoms with van der Waals surface area (Å²) in [7, 11) is 0. The predicted octanol–water partition coefficient (Wildman–Crippen LogP) is 17.7. The Bertz CT molecular complexity index is 3640. The van der Waals surface area contributed by atoms with Gasteiger partial charge in [0.1, 0.15) is 11.2 Å². The van der Waals surface area contributed by atoms with E-state index in [1.54, 1.807) is 0 Å². The molecule has 0 aliphatic heterocycles. The zero-order valence-corrected chi connectivity index (χ0v) is 35.0. The summed E-state index contributed by atoms with van der Waals surface area (Å²) in [6.07, 6.45) is 0. The molecule has 12 rings (SSSR count). The molecule has 0 N–H and O–H groups in total. The van der Waals surface area contributed by atoms with Crippen LogP contribution in [0.25, 0.3) is 99.1 Å². The Hall–Kier alpha value is -8.46. The van der Waals surface area contributed by atoms with Crippen LogP contribution in [0, 0.1) is 0 Å². The fraction of sp³-hybridized carbons (Fsp3) is 0. The van der Waals surface area contributed by atoms with Crippen LogP contribution in [0.2, 0.25) is 0 Å². The molecule has 0 atom stereocenters. The average Bonchev–Trinajstić information content (AvgIpc) is 3.77. The summed E-state index contributed by atoms with van der Waals surface area (Å²) < 4.78 is 6.74. The van der Waals surface area contributed by atoms with Crippen LogP contribution in [0.1, 0.15) is 0 Å². The van der Waals surface area contributed by atoms with E-state index in [9.17, 15) is 0 Å². The smallest absolute Gasteiger partial charge is 0.143 e. The van der Waals surface area contributed by atoms with Crippen LogP contribution >= 0.6 is 0 Å². The lowest BCUT2D eigenvalue weighted by atomic mass is 9.93. The molecule has 0 amide bonds. The molecule has 1 aromatic heterocycles. The molecule has 2 heteroatoms. The molecule has 0 bridgehead atoms. The van der Waals surface area contributed by atoms with Gasteiger partial charge in [-0.25, -0.2) is 0 Å². The predicted molar refractivity (Wildman–Crippen MR) is 271 cm³/mol. The maximum atomic E-state index is 6.74. The van der Waals surface area contributed by atoms with Crippen molar-refractivity contribution in [1.29, 1.82) is 0 Å². The summed E-state index contributed by atoms with van der Waals surface area (Å²) in [6, 6.07) is 89.8. The van der Waals surface area contributed by atoms with Crippen LogP contribution in [0.5, 0.6) is 0 Å². The number of nitrogens with zero attached hydrogens (tertiary/aromatic N) is 1. The van der Waals surface area contributed by atoms with E-state index in [2.05, 4.69) is 254 Å². The number of benzene rings is 11. The third kappa shape index (κ3) is 6.61. The molecular formula is C62H41NO. The first-order valence-electron chi connectivity index (χ1n) is 21.9. The highest BCUT2D eigenvalue weighted by molar-refractivity contribution is 6.20. The van der Waals surface area contributed by atoms with Crippen molar-refractivity contribution in [2.24, 2.45) is 0 Å². The van der Waals surface area contributed by atoms with E-state index in [0.29, 0.717) is 0 Å². The lowest BCUT2D eigenvalue weighted by Gasteiger charge is -2.30. The van der Waals surface area contributed by atoms with Crippen LogP contribution in [0.15, 0.2) is 253 Å². The maximum Gasteiger partial charge on any atom is 0.143 e. The summed E-state index contributed by atoms with van der Waals surface area (Å²) in [5.41, 5.74) is 16.6. The minimum absolute atomic E-state index is 0.871. The summed E-state index contributed by atoms with van der Waals surface area (Å²) in [5, 5.41) is 6.94. The number of anilines is 3. The molecule has 11 aromatic carbocycles. The van der Waals surface area contributed by atoms with Crippen molar-refractivity contribution in [2.75, 3.05) is 4.90 Å². The molecule has 0 aliphatic carbocycles. The molecule has 1 heterocycles. The summed E-state index contributed by atoms with van der Waals surface area (Å²) in [6.45, 7) is 0. The van der Waals surface area contributed by atoms with Crippen molar-refractivity contribution in [1.82, 2.24) is 0 Å². The second kappa shape index (κ2) is 15.8. The summed E-state index contributed by atoms with van der Waals surface area (Å²) in [4.78, 5) is 2.46. The van der Waals surface area contributed by atoms with Gasteiger partial charge in [0.15, 0.2) is 0 Å². The lowest BCUT2D eigenvalue weighted by molar-refractivity contribution is 0.673. The molecule has 64 heavy (non-hydrogen) atoms. The number of hydrogen-bond acceptors (Lipinski definition) is 2. The Kier molecular flexibility index (Phi) is 9.20. The first kappa shape index (κ1) is 37.3. The first-order valence-corrected chi connectivity index (χ1v) is 21.9. The van der Waals surface area contributed by atoms with Crippen molar-refractivity contribution < 1.29 is 4.42 Å². The second-order valence-corrected chi connectivity index (χ2v) is 16.4. The summed E-state index contributed by atoms with van der Waals surface area (Å²) >= 11 is 0. The Morgan fingerprint density at radius 1 is 0.281 bits per heavy atom. The van der Waals surface area contributed by atoms with Gasteiger partial charge in [-0.1, -0.05) is 206 Å². The standard InChI is InChI=1S/C62H41NO/c1-3-14-42(15-4-1)44-26-28-45(29-27-44)46-32-36-52(37-33-46)63(59-41-51(35-38-53(59)47-17-5-2-6-18-47)50-31-30-43-16-7-8-20-49(43)40-50)58-24-12-11-22-55(58)56-23-13-25-60-61(56)57-39-34-48-19-9-10-21-54(48)62(57)64-60/h1-41H. The maximum absolute atomic E-state index is 6.74. The molecule has 12 aromatic rings. The van der Waals surface area contributed by atoms with Crippen LogP contribution in [-0.2, 0) is 0 Å². The third-order valence-corrected chi connectivity index (χ3v) is 12.7. The highest BCUT2D eigenvalue weighted by Gasteiger charge is 2.24. The molecule has 0 fully saturated rings. The fourth-order valence-electron chi connectivity index (χ4n) is 9.50. The zero-order valence-electron chi connectivity index (χ0n) is 35.0. The van der Waals surface area contributed by atoms with Crippen LogP contribution < -0.4 is 4.90 Å². The number of rotatable bonds is 8. The van der Waals surface area contributed by atoms with Gasteiger partial charge >= 0.3 is 0 Å². The molecule has 0 unspecified atom stereocenters. The van der Waals surface area contributed by atoms with E-state index in [0.717, 1.165) is 83.2 Å². The monoisotopic (exact) mass is 815 g/mol. The Morgan fingerprint density at radius 2 is 0.828 bits per heavy atom. The van der Waals surface area contributed by atoms with E-state index in [1.165, 1.54) is 33.0 Å². The summed E-state index contributed by atoms with van der Waals surface area (Å²) in [5.74, 6) is 0. The van der Waals surface area contributed by atoms with E-state index in [1.807, 2.05) is 0 Å². The third-order valence-electron chi connectivity index (χ3n) is 12.7. The quantitative estimate of drug-likeness (QED) is 0.152. The van der Waals surface area contributed by atoms with Gasteiger partial charge in [-0.2, -0.15) is 0 Å². The molecule has 0 aliphatic rings. The highest BCUT2D eigenvalue weighted by atomic mass is 16.3. The van der Waals surface area contributed by atoms with Gasteiger partial charge in [0.05, 0.1) is 11.4 Å². The van der Waals surface area contributed by atoms with Gasteiger partial charge < -0.3 is 9.32 Å². The molecule has 0 spiro atoms. The van der Waals surface area contributed by atoms with E-state index < -0.39 is 0 Å². The van der Waals surface area contributed by atoms with Crippen LogP contribution in [0.4, 0.5) is 17.1 Å². The van der Waals surface area contributed by atoms with Crippen molar-refractivity contribution >= 4 is 60.5 Å². The van der Waals surface area contributed by atoms with Gasteiger partial charge in [-0.3, -0.25) is 0 Å². The minimum atomic E-state index is 0.871. The van der Waals surface area contributed by atoms with Crippen LogP contribution in [-0.4, -0.2) is 0 Å². The number of hydrogen-bond donors (Lipinski definition) is 0. The molecule has 0 saturated carbocycles. The number of fused-ring (bicyclic) bond motifs is 6. The van der Waals surface area contributed by atoms with Crippen LogP contribution in [0.3, 0.4) is 0 Å². The Labute approximate surface area is 372 Å². The normalized spacial score (nSPS) is 11.4. The largest absolute Gasteiger partial charge is 0.455 e. The highest BCUT2D eigenvalue weighted by Crippen LogP contribution is 2.49. The molecule has 300 valence electrons. The van der Waals surface area contributed by atoms with Crippen molar-refractivity contribution in [3.8, 4) is 55.6 Å². The van der Waals surface area contributed by atoms with Crippen molar-refractivity contribution in [2.45, 2.75) is 0 Å². The number of furan rings is 1. The minimum Gasteiger partial charge on any atom is -0.455 e. The van der Waals surface area contributed by atoms with Gasteiger partial charge in [0.25, 0.3) is 0 Å². The Morgan fingerprint density at radius 3 is 1.59 bits per heavy atom. The lowest BCUT2D eigenvalue weighted by Crippen LogP contribution is -2.12. The van der Waals surface area contributed by atoms with E-state index >= 15 is 0 Å². The van der Waals surface area contributed by atoms with Gasteiger partial charge in [-0.05, 0) is 103 Å². The molecule has 0 saturated heterocycles. The topological polar surface area (TPSA) is 16.4 Å². The van der Waals surface area contributed by atoms with Crippen molar-refractivity contribution in [3.05, 3.63) is 249 Å². The second-order valence-electron chi connectivity index (χ2n) is 16.4. The average molecular weight is 816 g/mol. The van der Waals surface area contributed by atoms with Gasteiger partial charge in [0.2, 0.25) is 0 Å². The van der Waals surface area contributed by atoms with Crippen molar-refractivity contribution in [3.63, 3.8) is 0 Å². The molecule has 0 radical (unpaired) electrons. The molecular weight excluding hydrogens is 775 g/mol. The van der Waals surface area contributed by atoms with E-state index in [-0.39, 0.29) is 0 Å². The Balaban J connectivity index is 1.08. The number of para-hydroxylation sites is 1. The van der Waals surface area contributed by atoms with Gasteiger partial charge in [-0.15, -0.1) is 0 Å². The SMILES string of the molecule is c1ccc(-c2ccc(-c3ccc(N(c4cc(-c5ccc6ccccc6c5)ccc4-c4ccccc4)c4ccccc4-c4cccc5oc6c7ccccc7ccc6c45)cc3)cc2)cc1. The molecule has 2 nitrogen and oxygen atoms in total. The van der Waals surface area contributed by atoms with E-state index in [4.69, 9.17) is 4.42 Å².